The zero-order valence-electron chi connectivity index (χ0n) is 10.3. The van der Waals surface area contributed by atoms with Crippen molar-refractivity contribution in [1.29, 1.82) is 0 Å². The molecule has 0 saturated carbocycles. The summed E-state index contributed by atoms with van der Waals surface area (Å²) in [6, 6.07) is 13.3. The van der Waals surface area contributed by atoms with Crippen LogP contribution in [-0.4, -0.2) is 16.9 Å². The molecule has 1 amide bonds. The van der Waals surface area contributed by atoms with Crippen molar-refractivity contribution in [2.75, 3.05) is 0 Å². The summed E-state index contributed by atoms with van der Waals surface area (Å²) < 4.78 is 0. The van der Waals surface area contributed by atoms with E-state index in [4.69, 9.17) is 0 Å². The highest BCUT2D eigenvalue weighted by atomic mass is 16.1. The number of nitrogens with zero attached hydrogens (tertiary/aromatic N) is 1. The molecule has 3 nitrogen and oxygen atoms in total. The molecule has 1 N–H and O–H groups in total. The molecule has 92 valence electrons. The van der Waals surface area contributed by atoms with Gasteiger partial charge in [-0.05, 0) is 43.2 Å². The first-order valence-electron chi connectivity index (χ1n) is 6.00. The van der Waals surface area contributed by atoms with Crippen molar-refractivity contribution < 1.29 is 4.79 Å². The SMILES string of the molecule is CC(Cc1ccncc1)NC(=O)c1ccccc1. The van der Waals surface area contributed by atoms with Gasteiger partial charge in [0.25, 0.3) is 5.91 Å². The molecule has 2 rings (SSSR count). The molecule has 0 spiro atoms. The van der Waals surface area contributed by atoms with Gasteiger partial charge >= 0.3 is 0 Å². The highest BCUT2D eigenvalue weighted by Crippen LogP contribution is 2.03. The standard InChI is InChI=1S/C15H16N2O/c1-12(11-13-7-9-16-10-8-13)17-15(18)14-5-3-2-4-6-14/h2-10,12H,11H2,1H3,(H,17,18). The van der Waals surface area contributed by atoms with E-state index in [1.165, 1.54) is 5.56 Å². The maximum absolute atomic E-state index is 11.9. The van der Waals surface area contributed by atoms with Crippen LogP contribution >= 0.6 is 0 Å². The van der Waals surface area contributed by atoms with E-state index >= 15 is 0 Å². The van der Waals surface area contributed by atoms with Gasteiger partial charge in [-0.25, -0.2) is 0 Å². The Morgan fingerprint density at radius 2 is 1.83 bits per heavy atom. The molecule has 2 aromatic rings. The van der Waals surface area contributed by atoms with E-state index in [0.29, 0.717) is 5.56 Å². The van der Waals surface area contributed by atoms with Gasteiger partial charge in [-0.1, -0.05) is 18.2 Å². The molecular weight excluding hydrogens is 224 g/mol. The molecule has 1 aromatic heterocycles. The first-order valence-corrected chi connectivity index (χ1v) is 6.00. The predicted octanol–water partition coefficient (Wildman–Crippen LogP) is 2.44. The Kier molecular flexibility index (Phi) is 4.07. The lowest BCUT2D eigenvalue weighted by molar-refractivity contribution is 0.0940. The highest BCUT2D eigenvalue weighted by Gasteiger charge is 2.09. The van der Waals surface area contributed by atoms with Crippen LogP contribution in [0.25, 0.3) is 0 Å². The molecule has 0 radical (unpaired) electrons. The van der Waals surface area contributed by atoms with Crippen LogP contribution in [-0.2, 0) is 6.42 Å². The van der Waals surface area contributed by atoms with E-state index in [1.54, 1.807) is 12.4 Å². The van der Waals surface area contributed by atoms with Gasteiger partial charge in [-0.2, -0.15) is 0 Å². The number of pyridine rings is 1. The van der Waals surface area contributed by atoms with Crippen LogP contribution in [0.3, 0.4) is 0 Å². The molecule has 1 aromatic carbocycles. The lowest BCUT2D eigenvalue weighted by atomic mass is 10.1. The van der Waals surface area contributed by atoms with Crippen molar-refractivity contribution in [2.45, 2.75) is 19.4 Å². The monoisotopic (exact) mass is 240 g/mol. The lowest BCUT2D eigenvalue weighted by Gasteiger charge is -2.13. The molecule has 0 fully saturated rings. The number of rotatable bonds is 4. The van der Waals surface area contributed by atoms with Crippen molar-refractivity contribution in [2.24, 2.45) is 0 Å². The minimum absolute atomic E-state index is 0.0304. The smallest absolute Gasteiger partial charge is 0.251 e. The van der Waals surface area contributed by atoms with Crippen molar-refractivity contribution >= 4 is 5.91 Å². The van der Waals surface area contributed by atoms with Crippen LogP contribution in [0.15, 0.2) is 54.9 Å². The van der Waals surface area contributed by atoms with Gasteiger partial charge in [-0.15, -0.1) is 0 Å². The number of benzene rings is 1. The van der Waals surface area contributed by atoms with Crippen LogP contribution in [0, 0.1) is 0 Å². The summed E-state index contributed by atoms with van der Waals surface area (Å²) >= 11 is 0. The predicted molar refractivity (Wildman–Crippen MR) is 71.3 cm³/mol. The summed E-state index contributed by atoms with van der Waals surface area (Å²) in [4.78, 5) is 15.9. The molecule has 0 aliphatic heterocycles. The van der Waals surface area contributed by atoms with Gasteiger partial charge in [0.1, 0.15) is 0 Å². The first-order chi connectivity index (χ1) is 8.75. The first kappa shape index (κ1) is 12.3. The number of amides is 1. The topological polar surface area (TPSA) is 42.0 Å². The normalized spacial score (nSPS) is 11.8. The highest BCUT2D eigenvalue weighted by molar-refractivity contribution is 5.94. The number of hydrogen-bond acceptors (Lipinski definition) is 2. The summed E-state index contributed by atoms with van der Waals surface area (Å²) in [5.41, 5.74) is 1.87. The van der Waals surface area contributed by atoms with Gasteiger partial charge in [0, 0.05) is 24.0 Å². The van der Waals surface area contributed by atoms with Crippen molar-refractivity contribution in [3.8, 4) is 0 Å². The van der Waals surface area contributed by atoms with E-state index in [1.807, 2.05) is 49.4 Å². The van der Waals surface area contributed by atoms with Crippen LogP contribution in [0.4, 0.5) is 0 Å². The van der Waals surface area contributed by atoms with E-state index < -0.39 is 0 Å². The molecule has 0 aliphatic carbocycles. The van der Waals surface area contributed by atoms with E-state index in [9.17, 15) is 4.79 Å². The Hall–Kier alpha value is -2.16. The Balaban J connectivity index is 1.92. The molecule has 0 bridgehead atoms. The van der Waals surface area contributed by atoms with Crippen LogP contribution in [0.5, 0.6) is 0 Å². The van der Waals surface area contributed by atoms with Gasteiger partial charge in [0.05, 0.1) is 0 Å². The molecular formula is C15H16N2O. The van der Waals surface area contributed by atoms with E-state index in [-0.39, 0.29) is 11.9 Å². The average molecular weight is 240 g/mol. The van der Waals surface area contributed by atoms with Crippen molar-refractivity contribution in [3.05, 3.63) is 66.0 Å². The zero-order chi connectivity index (χ0) is 12.8. The van der Waals surface area contributed by atoms with Gasteiger partial charge < -0.3 is 5.32 Å². The number of carbonyl (C=O) groups excluding carboxylic acids is 1. The minimum Gasteiger partial charge on any atom is -0.349 e. The third kappa shape index (κ3) is 3.42. The van der Waals surface area contributed by atoms with E-state index in [2.05, 4.69) is 10.3 Å². The molecule has 3 heteroatoms. The second kappa shape index (κ2) is 5.96. The fourth-order valence-corrected chi connectivity index (χ4v) is 1.82. The zero-order valence-corrected chi connectivity index (χ0v) is 10.3. The molecule has 1 unspecified atom stereocenters. The van der Waals surface area contributed by atoms with Crippen molar-refractivity contribution in [3.63, 3.8) is 0 Å². The molecule has 1 atom stereocenters. The summed E-state index contributed by atoms with van der Waals surface area (Å²) in [7, 11) is 0. The molecule has 0 aliphatic rings. The van der Waals surface area contributed by atoms with E-state index in [0.717, 1.165) is 6.42 Å². The van der Waals surface area contributed by atoms with Gasteiger partial charge in [-0.3, -0.25) is 9.78 Å². The third-order valence-corrected chi connectivity index (χ3v) is 2.70. The summed E-state index contributed by atoms with van der Waals surface area (Å²) in [5, 5.41) is 2.99. The maximum atomic E-state index is 11.9. The van der Waals surface area contributed by atoms with Crippen LogP contribution in [0.1, 0.15) is 22.8 Å². The fraction of sp³-hybridized carbons (Fsp3) is 0.200. The Morgan fingerprint density at radius 3 is 2.50 bits per heavy atom. The van der Waals surface area contributed by atoms with Crippen molar-refractivity contribution in [1.82, 2.24) is 10.3 Å². The number of carbonyl (C=O) groups is 1. The molecule has 18 heavy (non-hydrogen) atoms. The maximum Gasteiger partial charge on any atom is 0.251 e. The Morgan fingerprint density at radius 1 is 1.17 bits per heavy atom. The quantitative estimate of drug-likeness (QED) is 0.891. The summed E-state index contributed by atoms with van der Waals surface area (Å²) in [6.45, 7) is 2.00. The lowest BCUT2D eigenvalue weighted by Crippen LogP contribution is -2.34. The largest absolute Gasteiger partial charge is 0.349 e. The second-order valence-electron chi connectivity index (χ2n) is 4.30. The Bertz CT molecular complexity index is 496. The summed E-state index contributed by atoms with van der Waals surface area (Å²) in [5.74, 6) is -0.0304. The van der Waals surface area contributed by atoms with Gasteiger partial charge in [0.2, 0.25) is 0 Å². The minimum atomic E-state index is -0.0304. The third-order valence-electron chi connectivity index (χ3n) is 2.70. The number of aromatic nitrogens is 1. The van der Waals surface area contributed by atoms with Crippen LogP contribution in [0.2, 0.25) is 0 Å². The average Bonchev–Trinajstić information content (AvgIpc) is 2.40. The van der Waals surface area contributed by atoms with Gasteiger partial charge in [0.15, 0.2) is 0 Å². The fourth-order valence-electron chi connectivity index (χ4n) is 1.82. The molecule has 0 saturated heterocycles. The molecule has 1 heterocycles. The second-order valence-corrected chi connectivity index (χ2v) is 4.30. The number of hydrogen-bond donors (Lipinski definition) is 1. The van der Waals surface area contributed by atoms with Crippen LogP contribution < -0.4 is 5.32 Å². The number of nitrogens with one attached hydrogen (secondary N) is 1. The summed E-state index contributed by atoms with van der Waals surface area (Å²) in [6.07, 6.45) is 4.34. The Labute approximate surface area is 107 Å².